The predicted octanol–water partition coefficient (Wildman–Crippen LogP) is 4.73. The van der Waals surface area contributed by atoms with E-state index in [2.05, 4.69) is 50.7 Å². The van der Waals surface area contributed by atoms with E-state index in [1.807, 2.05) is 6.20 Å². The molecule has 0 unspecified atom stereocenters. The fourth-order valence-electron chi connectivity index (χ4n) is 2.99. The van der Waals surface area contributed by atoms with Gasteiger partial charge in [0.05, 0.1) is 6.54 Å². The van der Waals surface area contributed by atoms with E-state index >= 15 is 0 Å². The molecule has 0 saturated carbocycles. The summed E-state index contributed by atoms with van der Waals surface area (Å²) in [5.74, 6) is 0.526. The van der Waals surface area contributed by atoms with Crippen LogP contribution in [0.1, 0.15) is 28.8 Å². The first-order chi connectivity index (χ1) is 13.4. The molecule has 0 spiro atoms. The molecule has 2 aromatic heterocycles. The molecule has 3 N–H and O–H groups in total. The molecule has 2 heterocycles. The van der Waals surface area contributed by atoms with E-state index in [0.717, 1.165) is 29.6 Å². The molecular weight excluding hydrogens is 514 g/mol. The third-order valence-corrected chi connectivity index (χ3v) is 5.28. The predicted molar refractivity (Wildman–Crippen MR) is 122 cm³/mol. The third kappa shape index (κ3) is 5.84. The van der Waals surface area contributed by atoms with Gasteiger partial charge in [-0.05, 0) is 24.0 Å². The summed E-state index contributed by atoms with van der Waals surface area (Å²) in [4.78, 5) is 11.1. The fourth-order valence-corrected chi connectivity index (χ4v) is 3.74. The Morgan fingerprint density at radius 2 is 2.03 bits per heavy atom. The molecule has 0 amide bonds. The number of aliphatic imine (C=N–C) groups is 1. The Morgan fingerprint density at radius 3 is 2.69 bits per heavy atom. The van der Waals surface area contributed by atoms with E-state index < -0.39 is 11.9 Å². The molecule has 0 bridgehead atoms. The number of aromatic nitrogens is 2. The molecule has 0 fully saturated rings. The first kappa shape index (κ1) is 23.5. The average molecular weight is 537 g/mol. The van der Waals surface area contributed by atoms with Gasteiger partial charge in [0.2, 0.25) is 0 Å². The molecule has 0 aliphatic rings. The number of halogens is 4. The van der Waals surface area contributed by atoms with Crippen molar-refractivity contribution in [3.8, 4) is 0 Å². The van der Waals surface area contributed by atoms with E-state index in [9.17, 15) is 13.2 Å². The second-order valence-corrected chi connectivity index (χ2v) is 7.18. The quantitative estimate of drug-likeness (QED) is 0.242. The number of alkyl halides is 3. The van der Waals surface area contributed by atoms with Gasteiger partial charge in [0.25, 0.3) is 0 Å². The molecule has 5 nitrogen and oxygen atoms in total. The van der Waals surface area contributed by atoms with Crippen LogP contribution in [0.15, 0.2) is 34.8 Å². The van der Waals surface area contributed by atoms with Crippen molar-refractivity contribution in [3.63, 3.8) is 0 Å². The molecule has 3 rings (SSSR count). The second kappa shape index (κ2) is 10.3. The van der Waals surface area contributed by atoms with Crippen LogP contribution in [0.3, 0.4) is 0 Å². The Kier molecular flexibility index (Phi) is 8.32. The van der Waals surface area contributed by atoms with Gasteiger partial charge in [-0.3, -0.25) is 4.99 Å². The van der Waals surface area contributed by atoms with E-state index in [-0.39, 0.29) is 30.5 Å². The second-order valence-electron chi connectivity index (χ2n) is 6.23. The molecule has 10 heteroatoms. The smallest absolute Gasteiger partial charge is 0.361 e. The highest BCUT2D eigenvalue weighted by Gasteiger charge is 2.33. The lowest BCUT2D eigenvalue weighted by Crippen LogP contribution is -2.37. The van der Waals surface area contributed by atoms with Gasteiger partial charge in [-0.1, -0.05) is 25.1 Å². The molecule has 0 saturated heterocycles. The number of H-pyrrole nitrogens is 1. The normalized spacial score (nSPS) is 12.1. The highest BCUT2D eigenvalue weighted by molar-refractivity contribution is 14.0. The highest BCUT2D eigenvalue weighted by Crippen LogP contribution is 2.29. The number of nitrogens with zero attached hydrogens (tertiary/aromatic N) is 2. The fraction of sp³-hybridized carbons (Fsp3) is 0.368. The van der Waals surface area contributed by atoms with E-state index in [1.165, 1.54) is 22.0 Å². The number of hydrogen-bond donors (Lipinski definition) is 3. The summed E-state index contributed by atoms with van der Waals surface area (Å²) in [6.45, 7) is 2.97. The van der Waals surface area contributed by atoms with Gasteiger partial charge in [-0.15, -0.1) is 35.3 Å². The number of fused-ring (bicyclic) bond motifs is 1. The average Bonchev–Trinajstić information content (AvgIpc) is 3.31. The summed E-state index contributed by atoms with van der Waals surface area (Å²) in [6, 6.07) is 6.29. The number of rotatable bonds is 6. The summed E-state index contributed by atoms with van der Waals surface area (Å²) in [7, 11) is 1.62. The lowest BCUT2D eigenvalue weighted by molar-refractivity contribution is -0.140. The number of para-hydroxylation sites is 1. The van der Waals surface area contributed by atoms with Crippen molar-refractivity contribution in [3.05, 3.63) is 51.6 Å². The lowest BCUT2D eigenvalue weighted by Gasteiger charge is -2.10. The maximum Gasteiger partial charge on any atom is 0.434 e. The molecule has 158 valence electrons. The Bertz CT molecular complexity index is 964. The number of nitrogens with one attached hydrogen (secondary N) is 3. The van der Waals surface area contributed by atoms with Gasteiger partial charge >= 0.3 is 6.18 Å². The molecule has 0 atom stereocenters. The minimum absolute atomic E-state index is 0. The van der Waals surface area contributed by atoms with Crippen molar-refractivity contribution in [2.75, 3.05) is 13.6 Å². The van der Waals surface area contributed by atoms with Crippen LogP contribution in [-0.4, -0.2) is 29.5 Å². The summed E-state index contributed by atoms with van der Waals surface area (Å²) in [5.41, 5.74) is 2.81. The summed E-state index contributed by atoms with van der Waals surface area (Å²) >= 11 is 0.975. The number of guanidine groups is 1. The zero-order valence-electron chi connectivity index (χ0n) is 16.1. The zero-order valence-corrected chi connectivity index (χ0v) is 19.2. The molecule has 0 radical (unpaired) electrons. The summed E-state index contributed by atoms with van der Waals surface area (Å²) in [5, 5.41) is 8.78. The van der Waals surface area contributed by atoms with Gasteiger partial charge in [-0.25, -0.2) is 4.98 Å². The first-order valence-corrected chi connectivity index (χ1v) is 9.84. The van der Waals surface area contributed by atoms with Crippen LogP contribution in [0.5, 0.6) is 0 Å². The maximum atomic E-state index is 12.6. The van der Waals surface area contributed by atoms with Crippen molar-refractivity contribution >= 4 is 52.2 Å². The van der Waals surface area contributed by atoms with Crippen LogP contribution in [0.4, 0.5) is 13.2 Å². The van der Waals surface area contributed by atoms with E-state index in [4.69, 9.17) is 0 Å². The third-order valence-electron chi connectivity index (χ3n) is 4.43. The van der Waals surface area contributed by atoms with Crippen molar-refractivity contribution in [2.24, 2.45) is 4.99 Å². The Morgan fingerprint density at radius 1 is 1.24 bits per heavy atom. The lowest BCUT2D eigenvalue weighted by atomic mass is 10.1. The minimum Gasteiger partial charge on any atom is -0.361 e. The molecule has 1 aromatic carbocycles. The summed E-state index contributed by atoms with van der Waals surface area (Å²) < 4.78 is 37.8. The largest absolute Gasteiger partial charge is 0.434 e. The molecule has 29 heavy (non-hydrogen) atoms. The van der Waals surface area contributed by atoms with Crippen LogP contribution in [0.25, 0.3) is 10.9 Å². The number of benzene rings is 1. The van der Waals surface area contributed by atoms with Crippen molar-refractivity contribution in [2.45, 2.75) is 32.5 Å². The molecule has 0 aliphatic carbocycles. The first-order valence-electron chi connectivity index (χ1n) is 8.96. The van der Waals surface area contributed by atoms with Crippen LogP contribution in [-0.2, 0) is 25.6 Å². The zero-order chi connectivity index (χ0) is 20.1. The molecular formula is C19H23F3IN5S. The standard InChI is InChI=1S/C19H22F3N5S.HI/c1-3-12-5-4-6-14-13(9-25-17(12)14)7-8-24-18(23-2)26-10-16-27-15(11-28-16)19(20,21)22;/h4-6,9,11,25H,3,7-8,10H2,1-2H3,(H2,23,24,26);1H. The van der Waals surface area contributed by atoms with E-state index in [1.54, 1.807) is 7.05 Å². The van der Waals surface area contributed by atoms with Crippen LogP contribution in [0, 0.1) is 0 Å². The minimum atomic E-state index is -4.41. The number of hydrogen-bond acceptors (Lipinski definition) is 3. The van der Waals surface area contributed by atoms with Crippen molar-refractivity contribution in [1.82, 2.24) is 20.6 Å². The maximum absolute atomic E-state index is 12.6. The molecule has 3 aromatic rings. The Labute approximate surface area is 188 Å². The van der Waals surface area contributed by atoms with Gasteiger partial charge in [-0.2, -0.15) is 13.2 Å². The Hall–Kier alpha value is -1.82. The summed E-state index contributed by atoms with van der Waals surface area (Å²) in [6.07, 6.45) is -0.621. The van der Waals surface area contributed by atoms with Crippen LogP contribution < -0.4 is 10.6 Å². The number of aryl methyl sites for hydroxylation is 1. The number of thiazole rings is 1. The highest BCUT2D eigenvalue weighted by atomic mass is 127. The monoisotopic (exact) mass is 537 g/mol. The molecule has 0 aliphatic heterocycles. The van der Waals surface area contributed by atoms with Crippen molar-refractivity contribution < 1.29 is 13.2 Å². The Balaban J connectivity index is 0.00000300. The van der Waals surface area contributed by atoms with Crippen molar-refractivity contribution in [1.29, 1.82) is 0 Å². The van der Waals surface area contributed by atoms with Gasteiger partial charge in [0.15, 0.2) is 11.7 Å². The van der Waals surface area contributed by atoms with Gasteiger partial charge in [0.1, 0.15) is 5.01 Å². The van der Waals surface area contributed by atoms with Crippen LogP contribution >= 0.6 is 35.3 Å². The van der Waals surface area contributed by atoms with E-state index in [0.29, 0.717) is 17.5 Å². The van der Waals surface area contributed by atoms with Gasteiger partial charge < -0.3 is 15.6 Å². The van der Waals surface area contributed by atoms with Gasteiger partial charge in [0, 0.05) is 36.1 Å². The topological polar surface area (TPSA) is 65.1 Å². The van der Waals surface area contributed by atoms with Crippen LogP contribution in [0.2, 0.25) is 0 Å². The SMILES string of the molecule is CCc1cccc2c(CCNC(=NC)NCc3nc(C(F)(F)F)cs3)c[nH]c12.I. The number of aromatic amines is 1.